The molecule has 2 fully saturated rings. The van der Waals surface area contributed by atoms with Crippen molar-refractivity contribution >= 4 is 69.6 Å². The second-order valence-corrected chi connectivity index (χ2v) is 20.9. The molecule has 3 N–H and O–H groups in total. The van der Waals surface area contributed by atoms with Gasteiger partial charge in [0, 0.05) is 82.8 Å². The Balaban J connectivity index is 0.000000174. The molecular weight excluding hydrogens is 1030 g/mol. The number of likely N-dealkylation sites (tertiary alicyclic amines) is 1. The molecule has 10 rings (SSSR count). The first-order valence-electron chi connectivity index (χ1n) is 22.9. The molecule has 8 heterocycles. The third-order valence-electron chi connectivity index (χ3n) is 13.0. The normalized spacial score (nSPS) is 18.5. The van der Waals surface area contributed by atoms with Crippen molar-refractivity contribution in [3.8, 4) is 0 Å². The van der Waals surface area contributed by atoms with Gasteiger partial charge in [-0.3, -0.25) is 18.7 Å². The second kappa shape index (κ2) is 24.9. The quantitative estimate of drug-likeness (QED) is 0.0602. The zero-order valence-corrected chi connectivity index (χ0v) is 41.8. The van der Waals surface area contributed by atoms with Gasteiger partial charge in [-0.05, 0) is 129 Å². The molecular formula is C47H61BClF3IN8O6P. The number of aliphatic hydroxyl groups excluding tert-OH is 2. The Bertz CT molecular complexity index is 2740. The van der Waals surface area contributed by atoms with Crippen molar-refractivity contribution < 1.29 is 32.4 Å². The Morgan fingerprint density at radius 2 is 1.21 bits per heavy atom. The van der Waals surface area contributed by atoms with E-state index in [2.05, 4.69) is 30.5 Å². The Hall–Kier alpha value is -3.72. The number of aryl methyl sites for hydroxylation is 2. The summed E-state index contributed by atoms with van der Waals surface area (Å²) >= 11 is 7.31. The molecule has 368 valence electrons. The van der Waals surface area contributed by atoms with Gasteiger partial charge in [-0.15, -0.1) is 20.7 Å². The maximum Gasteiger partial charge on any atom is 0.435 e. The van der Waals surface area contributed by atoms with E-state index in [4.69, 9.17) is 20.6 Å². The molecule has 0 bridgehead atoms. The highest BCUT2D eigenvalue weighted by Gasteiger charge is 2.28. The van der Waals surface area contributed by atoms with Gasteiger partial charge in [0.15, 0.2) is 11.2 Å². The predicted octanol–water partition coefficient (Wildman–Crippen LogP) is 8.56. The number of piperidine rings is 2. The summed E-state index contributed by atoms with van der Waals surface area (Å²) in [7, 11) is 1.98. The Morgan fingerprint density at radius 3 is 1.66 bits per heavy atom. The van der Waals surface area contributed by atoms with Gasteiger partial charge in [-0.25, -0.2) is 18.7 Å². The number of benzene rings is 2. The molecule has 0 aliphatic carbocycles. The largest absolute Gasteiger partial charge is 0.435 e. The first kappa shape index (κ1) is 53.6. The summed E-state index contributed by atoms with van der Waals surface area (Å²) in [4.78, 5) is 36.3. The molecule has 0 radical (unpaired) electrons. The summed E-state index contributed by atoms with van der Waals surface area (Å²) in [5.41, 5.74) is 5.76. The highest BCUT2D eigenvalue weighted by atomic mass is 127. The second-order valence-electron chi connectivity index (χ2n) is 17.4. The molecule has 0 saturated carbocycles. The predicted molar refractivity (Wildman–Crippen MR) is 272 cm³/mol. The smallest absolute Gasteiger partial charge is 0.385 e. The summed E-state index contributed by atoms with van der Waals surface area (Å²) in [6, 6.07) is 9.20. The van der Waals surface area contributed by atoms with E-state index in [-0.39, 0.29) is 30.2 Å². The molecule has 4 aromatic heterocycles. The fourth-order valence-corrected chi connectivity index (χ4v) is 9.63. The van der Waals surface area contributed by atoms with Crippen molar-refractivity contribution in [1.82, 2.24) is 39.6 Å². The Labute approximate surface area is 414 Å². The first-order valence-corrected chi connectivity index (χ1v) is 25.4. The molecule has 2 saturated heterocycles. The maximum atomic E-state index is 13.4. The van der Waals surface area contributed by atoms with Crippen LogP contribution in [0.15, 0.2) is 55.0 Å². The van der Waals surface area contributed by atoms with Crippen LogP contribution in [0.4, 0.5) is 13.1 Å². The van der Waals surface area contributed by atoms with Gasteiger partial charge in [0.1, 0.15) is 35.5 Å². The third kappa shape index (κ3) is 13.0. The van der Waals surface area contributed by atoms with Gasteiger partial charge >= 0.3 is 4.57 Å². The van der Waals surface area contributed by atoms with Crippen molar-refractivity contribution in [1.29, 1.82) is 0 Å². The van der Waals surface area contributed by atoms with E-state index in [1.165, 1.54) is 24.3 Å². The molecule has 4 aliphatic rings. The van der Waals surface area contributed by atoms with Gasteiger partial charge in [0.25, 0.3) is 11.1 Å². The number of halogens is 5. The van der Waals surface area contributed by atoms with E-state index in [1.807, 2.05) is 16.0 Å². The minimum absolute atomic E-state index is 0. The minimum Gasteiger partial charge on any atom is -0.385 e. The van der Waals surface area contributed by atoms with Crippen LogP contribution in [0.5, 0.6) is 0 Å². The van der Waals surface area contributed by atoms with Gasteiger partial charge in [-0.1, -0.05) is 40.1 Å². The van der Waals surface area contributed by atoms with Gasteiger partial charge in [0.05, 0.1) is 11.4 Å². The number of rotatable bonds is 7. The van der Waals surface area contributed by atoms with Crippen LogP contribution in [-0.2, 0) is 25.9 Å². The molecule has 0 spiro atoms. The van der Waals surface area contributed by atoms with Crippen LogP contribution in [0.2, 0.25) is 0 Å². The SMILES string of the molecule is C.Cc1nc2n(c(=O)c1CCCl)CCCC2O.Cc1nc2n(c(=O)c1CCN1CCC(c3noc4cc(F)ccc34)CC1)CCCC2O.FB(P)I.Fc1ccc2c(C3CCNCC3)noc2c1. The topological polar surface area (TPSA) is 178 Å². The van der Waals surface area contributed by atoms with E-state index in [1.54, 1.807) is 50.6 Å². The molecule has 21 heteroatoms. The lowest BCUT2D eigenvalue weighted by Gasteiger charge is -2.31. The molecule has 6 aromatic rings. The summed E-state index contributed by atoms with van der Waals surface area (Å²) < 4.78 is 50.3. The van der Waals surface area contributed by atoms with Crippen molar-refractivity contribution in [2.24, 2.45) is 0 Å². The molecule has 2 aromatic carbocycles. The molecule has 0 amide bonds. The highest BCUT2D eigenvalue weighted by Crippen LogP contribution is 2.34. The number of hydrogen-bond acceptors (Lipinski definition) is 12. The van der Waals surface area contributed by atoms with Crippen LogP contribution in [0, 0.1) is 25.5 Å². The zero-order chi connectivity index (χ0) is 47.8. The van der Waals surface area contributed by atoms with Crippen molar-refractivity contribution in [3.05, 3.63) is 114 Å². The highest BCUT2D eigenvalue weighted by molar-refractivity contribution is 14.1. The minimum atomic E-state index is -0.780. The Morgan fingerprint density at radius 1 is 0.765 bits per heavy atom. The standard InChI is InChI=1S/C23H27FN4O3.C12H13FN2O.C11H15ClN2O2.CH4.BFH2IP/c1-14-17(23(30)28-9-2-3-19(29)22(28)25-14)8-12-27-10-6-15(7-11-27)21-18-5-4-16(24)13-20(18)31-26-21;13-9-1-2-10-11(7-9)16-15-12(10)8-3-5-14-6-4-8;1-7-8(4-5-12)11(16)14-6-2-3-9(15)10(14)13-7;;2-1(3)4/h4-5,13,15,19,29H,2-3,6-12H2,1H3;1-2,7-8,14H,3-6H2;9,15H,2-6H2,1H3;1H4;4H2. The summed E-state index contributed by atoms with van der Waals surface area (Å²) in [5.74, 6) is 1.57. The van der Waals surface area contributed by atoms with E-state index >= 15 is 0 Å². The fraction of sp³-hybridized carbons (Fsp3) is 0.532. The maximum absolute atomic E-state index is 13.4. The fourth-order valence-electron chi connectivity index (χ4n) is 9.44. The van der Waals surface area contributed by atoms with E-state index in [0.29, 0.717) is 90.6 Å². The average molecular weight is 1100 g/mol. The summed E-state index contributed by atoms with van der Waals surface area (Å²) in [6.07, 6.45) is 6.95. The van der Waals surface area contributed by atoms with Crippen molar-refractivity contribution in [3.63, 3.8) is 0 Å². The number of hydrogen-bond donors (Lipinski definition) is 3. The number of aromatic nitrogens is 6. The lowest BCUT2D eigenvalue weighted by atomic mass is 9.91. The van der Waals surface area contributed by atoms with Crippen LogP contribution in [0.1, 0.15) is 128 Å². The number of alkyl halides is 1. The average Bonchev–Trinajstić information content (AvgIpc) is 3.93. The molecule has 68 heavy (non-hydrogen) atoms. The van der Waals surface area contributed by atoms with Crippen LogP contribution in [0.3, 0.4) is 0 Å². The monoisotopic (exact) mass is 1090 g/mol. The zero-order valence-electron chi connectivity index (χ0n) is 37.7. The third-order valence-corrected chi connectivity index (χ3v) is 13.1. The number of aliphatic hydroxyl groups is 2. The first-order chi connectivity index (χ1) is 32.2. The van der Waals surface area contributed by atoms with E-state index < -0.39 is 16.8 Å². The summed E-state index contributed by atoms with van der Waals surface area (Å²) in [6.45, 7) is 9.60. The number of nitrogens with zero attached hydrogens (tertiary/aromatic N) is 7. The summed E-state index contributed by atoms with van der Waals surface area (Å²) in [5, 5.41) is 33.4. The van der Waals surface area contributed by atoms with Gasteiger partial charge in [0.2, 0.25) is 0 Å². The van der Waals surface area contributed by atoms with Gasteiger partial charge < -0.3 is 33.8 Å². The number of nitrogens with one attached hydrogen (secondary N) is 1. The molecule has 4 aliphatic heterocycles. The lowest BCUT2D eigenvalue weighted by Crippen LogP contribution is -2.37. The van der Waals surface area contributed by atoms with E-state index in [9.17, 15) is 32.9 Å². The number of fused-ring (bicyclic) bond motifs is 4. The van der Waals surface area contributed by atoms with Crippen LogP contribution in [-0.4, -0.2) is 87.7 Å². The van der Waals surface area contributed by atoms with Crippen molar-refractivity contribution in [2.75, 3.05) is 38.6 Å². The molecule has 3 unspecified atom stereocenters. The molecule has 3 atom stereocenters. The molecule has 14 nitrogen and oxygen atoms in total. The van der Waals surface area contributed by atoms with Gasteiger partial charge in [-0.2, -0.15) is 0 Å². The van der Waals surface area contributed by atoms with E-state index in [0.717, 1.165) is 105 Å². The van der Waals surface area contributed by atoms with Crippen LogP contribution >= 0.6 is 43.1 Å². The van der Waals surface area contributed by atoms with Crippen LogP contribution < -0.4 is 16.4 Å². The lowest BCUT2D eigenvalue weighted by molar-refractivity contribution is 0.129. The van der Waals surface area contributed by atoms with Crippen molar-refractivity contribution in [2.45, 2.75) is 123 Å². The Kier molecular flexibility index (Phi) is 19.6. The van der Waals surface area contributed by atoms with Crippen LogP contribution in [0.25, 0.3) is 21.9 Å².